The Morgan fingerprint density at radius 2 is 2.35 bits per heavy atom. The summed E-state index contributed by atoms with van der Waals surface area (Å²) < 4.78 is 0. The molecule has 3 nitrogen and oxygen atoms in total. The molecular formula is C12H17N3S2. The van der Waals surface area contributed by atoms with Crippen LogP contribution in [-0.4, -0.2) is 11.5 Å². The first-order valence-electron chi connectivity index (χ1n) is 5.69. The van der Waals surface area contributed by atoms with Crippen LogP contribution in [0.2, 0.25) is 0 Å². The molecule has 2 aromatic rings. The van der Waals surface area contributed by atoms with Gasteiger partial charge in [0.25, 0.3) is 0 Å². The number of anilines is 1. The molecule has 5 heteroatoms. The Balaban J connectivity index is 2.11. The highest BCUT2D eigenvalue weighted by atomic mass is 32.1. The van der Waals surface area contributed by atoms with E-state index in [0.717, 1.165) is 23.1 Å². The number of thiophene rings is 1. The zero-order chi connectivity index (χ0) is 12.3. The van der Waals surface area contributed by atoms with Crippen LogP contribution in [0, 0.1) is 0 Å². The van der Waals surface area contributed by atoms with Crippen LogP contribution in [0.3, 0.4) is 0 Å². The summed E-state index contributed by atoms with van der Waals surface area (Å²) >= 11 is 3.47. The number of aromatic nitrogens is 1. The summed E-state index contributed by atoms with van der Waals surface area (Å²) in [6, 6.07) is 4.32. The number of nitrogens with zero attached hydrogens (tertiary/aromatic N) is 2. The molecule has 0 saturated carbocycles. The van der Waals surface area contributed by atoms with Gasteiger partial charge in [-0.3, -0.25) is 0 Å². The predicted molar refractivity (Wildman–Crippen MR) is 75.8 cm³/mol. The van der Waals surface area contributed by atoms with Crippen molar-refractivity contribution in [3.63, 3.8) is 0 Å². The van der Waals surface area contributed by atoms with Crippen LogP contribution in [0.5, 0.6) is 0 Å². The van der Waals surface area contributed by atoms with Gasteiger partial charge in [-0.1, -0.05) is 6.07 Å². The third-order valence-electron chi connectivity index (χ3n) is 2.54. The Labute approximate surface area is 110 Å². The van der Waals surface area contributed by atoms with Gasteiger partial charge in [-0.05, 0) is 25.3 Å². The maximum atomic E-state index is 5.86. The molecule has 1 unspecified atom stereocenters. The minimum atomic E-state index is 0.0710. The van der Waals surface area contributed by atoms with Gasteiger partial charge >= 0.3 is 0 Å². The summed E-state index contributed by atoms with van der Waals surface area (Å²) in [6.45, 7) is 6.04. The Bertz CT molecular complexity index is 448. The summed E-state index contributed by atoms with van der Waals surface area (Å²) in [5.74, 6) is 0. The Morgan fingerprint density at radius 1 is 1.53 bits per heavy atom. The number of nitrogens with two attached hydrogens (primary N) is 1. The first kappa shape index (κ1) is 12.5. The summed E-state index contributed by atoms with van der Waals surface area (Å²) in [5, 5.41) is 3.17. The zero-order valence-electron chi connectivity index (χ0n) is 10.1. The highest BCUT2D eigenvalue weighted by molar-refractivity contribution is 7.15. The third kappa shape index (κ3) is 3.06. The molecule has 17 heavy (non-hydrogen) atoms. The van der Waals surface area contributed by atoms with Gasteiger partial charge in [-0.25, -0.2) is 4.98 Å². The summed E-state index contributed by atoms with van der Waals surface area (Å²) in [4.78, 5) is 9.25. The Hall–Kier alpha value is -0.910. The Morgan fingerprint density at radius 3 is 2.88 bits per heavy atom. The Kier molecular flexibility index (Phi) is 4.15. The standard InChI is InChI=1S/C12H17N3S2/c1-3-15(8-10-5-4-6-16-10)12-14-7-11(17-12)9(2)13/h4-7,9H,3,8,13H2,1-2H3. The van der Waals surface area contributed by atoms with E-state index in [0.29, 0.717) is 0 Å². The fourth-order valence-electron chi connectivity index (χ4n) is 1.54. The second kappa shape index (κ2) is 5.62. The molecule has 0 aromatic carbocycles. The van der Waals surface area contributed by atoms with Gasteiger partial charge in [0.15, 0.2) is 5.13 Å². The van der Waals surface area contributed by atoms with E-state index in [1.54, 1.807) is 22.7 Å². The minimum absolute atomic E-state index is 0.0710. The fraction of sp³-hybridized carbons (Fsp3) is 0.417. The van der Waals surface area contributed by atoms with Gasteiger partial charge in [0.1, 0.15) is 0 Å². The quantitative estimate of drug-likeness (QED) is 0.904. The number of thiazole rings is 1. The van der Waals surface area contributed by atoms with Crippen molar-refractivity contribution in [1.82, 2.24) is 4.98 Å². The van der Waals surface area contributed by atoms with Crippen molar-refractivity contribution < 1.29 is 0 Å². The van der Waals surface area contributed by atoms with Crippen LogP contribution in [0.15, 0.2) is 23.7 Å². The van der Waals surface area contributed by atoms with Crippen LogP contribution in [0.1, 0.15) is 29.6 Å². The van der Waals surface area contributed by atoms with E-state index in [4.69, 9.17) is 5.73 Å². The molecule has 2 aromatic heterocycles. The SMILES string of the molecule is CCN(Cc1cccs1)c1ncc(C(C)N)s1. The molecule has 2 N–H and O–H groups in total. The fourth-order valence-corrected chi connectivity index (χ4v) is 3.19. The maximum absolute atomic E-state index is 5.86. The molecule has 0 fully saturated rings. The molecule has 0 radical (unpaired) electrons. The first-order valence-corrected chi connectivity index (χ1v) is 7.39. The van der Waals surface area contributed by atoms with E-state index in [9.17, 15) is 0 Å². The van der Waals surface area contributed by atoms with Crippen molar-refractivity contribution in [3.05, 3.63) is 33.5 Å². The van der Waals surface area contributed by atoms with Crippen molar-refractivity contribution in [2.24, 2.45) is 5.73 Å². The molecule has 0 bridgehead atoms. The topological polar surface area (TPSA) is 42.2 Å². The molecular weight excluding hydrogens is 250 g/mol. The van der Waals surface area contributed by atoms with Crippen molar-refractivity contribution in [2.75, 3.05) is 11.4 Å². The zero-order valence-corrected chi connectivity index (χ0v) is 11.7. The lowest BCUT2D eigenvalue weighted by Gasteiger charge is -2.18. The van der Waals surface area contributed by atoms with Crippen molar-refractivity contribution in [3.8, 4) is 0 Å². The van der Waals surface area contributed by atoms with Crippen LogP contribution in [0.25, 0.3) is 0 Å². The van der Waals surface area contributed by atoms with Crippen molar-refractivity contribution >= 4 is 27.8 Å². The number of hydrogen-bond acceptors (Lipinski definition) is 5. The number of hydrogen-bond donors (Lipinski definition) is 1. The number of rotatable bonds is 5. The van der Waals surface area contributed by atoms with Crippen molar-refractivity contribution in [1.29, 1.82) is 0 Å². The normalized spacial score (nSPS) is 12.6. The lowest BCUT2D eigenvalue weighted by Crippen LogP contribution is -2.21. The largest absolute Gasteiger partial charge is 0.343 e. The molecule has 0 aliphatic rings. The van der Waals surface area contributed by atoms with E-state index in [1.165, 1.54) is 4.88 Å². The van der Waals surface area contributed by atoms with E-state index in [-0.39, 0.29) is 6.04 Å². The molecule has 0 aliphatic carbocycles. The van der Waals surface area contributed by atoms with Crippen LogP contribution >= 0.6 is 22.7 Å². The van der Waals surface area contributed by atoms with Crippen LogP contribution in [0.4, 0.5) is 5.13 Å². The van der Waals surface area contributed by atoms with E-state index in [2.05, 4.69) is 34.3 Å². The van der Waals surface area contributed by atoms with Crippen LogP contribution < -0.4 is 10.6 Å². The summed E-state index contributed by atoms with van der Waals surface area (Å²) in [6.07, 6.45) is 1.89. The van der Waals surface area contributed by atoms with Gasteiger partial charge in [0, 0.05) is 28.5 Å². The molecule has 0 spiro atoms. The molecule has 2 heterocycles. The highest BCUT2D eigenvalue weighted by Crippen LogP contribution is 2.27. The van der Waals surface area contributed by atoms with Gasteiger partial charge in [-0.15, -0.1) is 22.7 Å². The van der Waals surface area contributed by atoms with Crippen LogP contribution in [-0.2, 0) is 6.54 Å². The monoisotopic (exact) mass is 267 g/mol. The molecule has 0 amide bonds. The molecule has 0 aliphatic heterocycles. The average molecular weight is 267 g/mol. The van der Waals surface area contributed by atoms with Gasteiger partial charge < -0.3 is 10.6 Å². The molecule has 1 atom stereocenters. The second-order valence-corrected chi connectivity index (χ2v) is 6.00. The molecule has 0 saturated heterocycles. The highest BCUT2D eigenvalue weighted by Gasteiger charge is 2.12. The third-order valence-corrected chi connectivity index (χ3v) is 4.66. The summed E-state index contributed by atoms with van der Waals surface area (Å²) in [5.41, 5.74) is 5.86. The van der Waals surface area contributed by atoms with Gasteiger partial charge in [-0.2, -0.15) is 0 Å². The first-order chi connectivity index (χ1) is 8.20. The minimum Gasteiger partial charge on any atom is -0.343 e. The van der Waals surface area contributed by atoms with Gasteiger partial charge in [0.2, 0.25) is 0 Å². The maximum Gasteiger partial charge on any atom is 0.185 e. The van der Waals surface area contributed by atoms with E-state index < -0.39 is 0 Å². The molecule has 92 valence electrons. The smallest absolute Gasteiger partial charge is 0.185 e. The van der Waals surface area contributed by atoms with E-state index in [1.807, 2.05) is 13.1 Å². The van der Waals surface area contributed by atoms with E-state index >= 15 is 0 Å². The van der Waals surface area contributed by atoms with Gasteiger partial charge in [0.05, 0.1) is 6.54 Å². The average Bonchev–Trinajstić information content (AvgIpc) is 2.96. The molecule has 2 rings (SSSR count). The van der Waals surface area contributed by atoms with Crippen molar-refractivity contribution in [2.45, 2.75) is 26.4 Å². The lowest BCUT2D eigenvalue weighted by atomic mass is 10.3. The predicted octanol–water partition coefficient (Wildman–Crippen LogP) is 3.25. The second-order valence-electron chi connectivity index (χ2n) is 3.93. The lowest BCUT2D eigenvalue weighted by molar-refractivity contribution is 0.830. The summed E-state index contributed by atoms with van der Waals surface area (Å²) in [7, 11) is 0.